The average Bonchev–Trinajstić information content (AvgIpc) is 3.36. The van der Waals surface area contributed by atoms with Gasteiger partial charge in [0, 0.05) is 50.2 Å². The first-order chi connectivity index (χ1) is 15.6. The molecule has 2 heterocycles. The van der Waals surface area contributed by atoms with Crippen molar-refractivity contribution < 1.29 is 9.59 Å². The molecule has 166 valence electrons. The number of aromatic nitrogens is 2. The minimum atomic E-state index is -0.455. The van der Waals surface area contributed by atoms with Crippen molar-refractivity contribution in [3.63, 3.8) is 0 Å². The summed E-state index contributed by atoms with van der Waals surface area (Å²) >= 11 is 13.3. The summed E-state index contributed by atoms with van der Waals surface area (Å²) in [7, 11) is 0. The molecule has 0 spiro atoms. The van der Waals surface area contributed by atoms with Crippen LogP contribution in [0.25, 0.3) is 33.0 Å². The van der Waals surface area contributed by atoms with Crippen LogP contribution in [0.4, 0.5) is 0 Å². The molecule has 0 amide bonds. The lowest BCUT2D eigenvalue weighted by atomic mass is 9.82. The van der Waals surface area contributed by atoms with Crippen molar-refractivity contribution in [1.82, 2.24) is 9.97 Å². The predicted octanol–water partition coefficient (Wildman–Crippen LogP) is 7.01. The number of benzene rings is 2. The molecule has 0 saturated heterocycles. The number of hydrogen-bond acceptors (Lipinski definition) is 2. The molecule has 5 rings (SSSR count). The maximum absolute atomic E-state index is 13.7. The Morgan fingerprint density at radius 1 is 0.818 bits per heavy atom. The van der Waals surface area contributed by atoms with Crippen LogP contribution < -0.4 is 0 Å². The molecule has 4 nitrogen and oxygen atoms in total. The molecule has 0 saturated carbocycles. The van der Waals surface area contributed by atoms with Gasteiger partial charge in [-0.3, -0.25) is 9.59 Å². The first kappa shape index (κ1) is 21.7. The fraction of sp³-hybridized carbons (Fsp3) is 0.185. The lowest BCUT2D eigenvalue weighted by Gasteiger charge is -2.23. The van der Waals surface area contributed by atoms with Crippen LogP contribution in [-0.2, 0) is 15.0 Å². The van der Waals surface area contributed by atoms with Crippen LogP contribution in [0.5, 0.6) is 0 Å². The van der Waals surface area contributed by atoms with Gasteiger partial charge < -0.3 is 9.97 Å². The number of fused-ring (bicyclic) bond motifs is 2. The van der Waals surface area contributed by atoms with Crippen molar-refractivity contribution in [2.24, 2.45) is 0 Å². The fourth-order valence-corrected chi connectivity index (χ4v) is 5.14. The van der Waals surface area contributed by atoms with Gasteiger partial charge in [-0.25, -0.2) is 0 Å². The normalized spacial score (nSPS) is 15.5. The predicted molar refractivity (Wildman–Crippen MR) is 136 cm³/mol. The molecule has 4 aromatic rings. The third-order valence-electron chi connectivity index (χ3n) is 6.19. The molecule has 2 N–H and O–H groups in total. The molecule has 1 aliphatic rings. The van der Waals surface area contributed by atoms with Gasteiger partial charge in [0.25, 0.3) is 0 Å². The van der Waals surface area contributed by atoms with Gasteiger partial charge in [-0.1, -0.05) is 80.4 Å². The molecular formula is C27H22Cl2N2O2. The van der Waals surface area contributed by atoms with E-state index in [1.165, 1.54) is 0 Å². The minimum absolute atomic E-state index is 0.114. The molecule has 0 unspecified atom stereocenters. The van der Waals surface area contributed by atoms with E-state index in [-0.39, 0.29) is 26.6 Å². The standard InChI is InChI=1S/C27H22Cl2N2O2/c1-13-8-7-10-14-16(12-30-23(13)14)19-21(28)25(33)20(22(29)24(19)32)18-15-9-5-6-11-17(15)31-26(18)27(2,3)4/h5-12,30-31H,1-4H3. The molecule has 2 aromatic carbocycles. The number of halogens is 2. The highest BCUT2D eigenvalue weighted by Crippen LogP contribution is 2.45. The average molecular weight is 477 g/mol. The number of hydrogen-bond donors (Lipinski definition) is 2. The fourth-order valence-electron chi connectivity index (χ4n) is 4.59. The number of rotatable bonds is 2. The van der Waals surface area contributed by atoms with E-state index < -0.39 is 11.6 Å². The first-order valence-corrected chi connectivity index (χ1v) is 11.4. The highest BCUT2D eigenvalue weighted by molar-refractivity contribution is 6.68. The molecule has 0 aliphatic heterocycles. The molecule has 0 bridgehead atoms. The quantitative estimate of drug-likeness (QED) is 0.305. The van der Waals surface area contributed by atoms with Gasteiger partial charge in [0.05, 0.1) is 11.1 Å². The maximum Gasteiger partial charge on any atom is 0.207 e. The topological polar surface area (TPSA) is 65.7 Å². The summed E-state index contributed by atoms with van der Waals surface area (Å²) in [6.07, 6.45) is 1.71. The van der Waals surface area contributed by atoms with Gasteiger partial charge in [-0.15, -0.1) is 0 Å². The second-order valence-corrected chi connectivity index (χ2v) is 10.2. The zero-order valence-corrected chi connectivity index (χ0v) is 20.2. The van der Waals surface area contributed by atoms with Crippen LogP contribution in [0.1, 0.15) is 43.2 Å². The van der Waals surface area contributed by atoms with E-state index in [9.17, 15) is 9.59 Å². The maximum atomic E-state index is 13.7. The Labute approximate surface area is 201 Å². The monoisotopic (exact) mass is 476 g/mol. The second kappa shape index (κ2) is 7.47. The summed E-state index contributed by atoms with van der Waals surface area (Å²) in [5.41, 5.74) is 4.77. The number of allylic oxidation sites excluding steroid dienone is 4. The molecule has 0 fully saturated rings. The van der Waals surface area contributed by atoms with Gasteiger partial charge in [0.1, 0.15) is 10.1 Å². The Morgan fingerprint density at radius 2 is 1.45 bits per heavy atom. The van der Waals surface area contributed by atoms with Crippen molar-refractivity contribution in [2.45, 2.75) is 33.1 Å². The smallest absolute Gasteiger partial charge is 0.207 e. The highest BCUT2D eigenvalue weighted by atomic mass is 35.5. The number of nitrogens with one attached hydrogen (secondary N) is 2. The largest absolute Gasteiger partial charge is 0.360 e. The summed E-state index contributed by atoms with van der Waals surface area (Å²) in [5, 5.41) is 1.41. The van der Waals surface area contributed by atoms with E-state index in [0.717, 1.165) is 33.1 Å². The van der Waals surface area contributed by atoms with Gasteiger partial charge in [-0.05, 0) is 18.6 Å². The van der Waals surface area contributed by atoms with E-state index in [1.807, 2.05) is 70.2 Å². The molecular weight excluding hydrogens is 455 g/mol. The van der Waals surface area contributed by atoms with Crippen LogP contribution in [0.15, 0.2) is 58.7 Å². The Morgan fingerprint density at radius 3 is 2.18 bits per heavy atom. The van der Waals surface area contributed by atoms with Crippen LogP contribution in [0.2, 0.25) is 0 Å². The molecule has 0 atom stereocenters. The van der Waals surface area contributed by atoms with Crippen LogP contribution in [0.3, 0.4) is 0 Å². The zero-order valence-electron chi connectivity index (χ0n) is 18.7. The number of Topliss-reactive ketones (excluding diaryl/α,β-unsaturated/α-hetero) is 2. The van der Waals surface area contributed by atoms with Crippen molar-refractivity contribution in [1.29, 1.82) is 0 Å². The van der Waals surface area contributed by atoms with E-state index >= 15 is 0 Å². The number of aromatic amines is 2. The van der Waals surface area contributed by atoms with Crippen LogP contribution in [0, 0.1) is 6.92 Å². The second-order valence-electron chi connectivity index (χ2n) is 9.41. The number of para-hydroxylation sites is 2. The van der Waals surface area contributed by atoms with Crippen molar-refractivity contribution >= 4 is 67.7 Å². The number of H-pyrrole nitrogens is 2. The molecule has 0 radical (unpaired) electrons. The number of carbonyl (C=O) groups is 2. The van der Waals surface area contributed by atoms with E-state index in [0.29, 0.717) is 11.1 Å². The van der Waals surface area contributed by atoms with E-state index in [1.54, 1.807) is 6.20 Å². The van der Waals surface area contributed by atoms with Gasteiger partial charge in [0.2, 0.25) is 11.6 Å². The molecule has 2 aromatic heterocycles. The molecule has 1 aliphatic carbocycles. The third kappa shape index (κ3) is 3.20. The summed E-state index contributed by atoms with van der Waals surface area (Å²) in [6.45, 7) is 8.11. The van der Waals surface area contributed by atoms with Gasteiger partial charge in [-0.2, -0.15) is 0 Å². The Kier molecular flexibility index (Phi) is 4.93. The SMILES string of the molecule is Cc1cccc2c(C3=C(Cl)C(=O)C(c4c(C(C)(C)C)[nH]c5ccccc45)=C(Cl)C3=O)c[nH]c12. The van der Waals surface area contributed by atoms with Gasteiger partial charge >= 0.3 is 0 Å². The Hall–Kier alpha value is -3.08. The highest BCUT2D eigenvalue weighted by Gasteiger charge is 2.38. The summed E-state index contributed by atoms with van der Waals surface area (Å²) in [5.74, 6) is -0.905. The number of carbonyl (C=O) groups excluding carboxylic acids is 2. The third-order valence-corrected chi connectivity index (χ3v) is 6.91. The van der Waals surface area contributed by atoms with Crippen molar-refractivity contribution in [3.05, 3.63) is 81.1 Å². The molecule has 33 heavy (non-hydrogen) atoms. The lowest BCUT2D eigenvalue weighted by Crippen LogP contribution is -2.21. The van der Waals surface area contributed by atoms with E-state index in [2.05, 4.69) is 9.97 Å². The number of ketones is 2. The zero-order chi connectivity index (χ0) is 23.7. The molecule has 6 heteroatoms. The summed E-state index contributed by atoms with van der Waals surface area (Å²) in [6, 6.07) is 13.4. The summed E-state index contributed by atoms with van der Waals surface area (Å²) in [4.78, 5) is 33.9. The summed E-state index contributed by atoms with van der Waals surface area (Å²) < 4.78 is 0. The Balaban J connectivity index is 1.76. The van der Waals surface area contributed by atoms with Crippen LogP contribution in [-0.4, -0.2) is 21.5 Å². The van der Waals surface area contributed by atoms with Crippen molar-refractivity contribution in [2.75, 3.05) is 0 Å². The van der Waals surface area contributed by atoms with Gasteiger partial charge in [0.15, 0.2) is 0 Å². The van der Waals surface area contributed by atoms with E-state index in [4.69, 9.17) is 23.2 Å². The van der Waals surface area contributed by atoms with Crippen molar-refractivity contribution in [3.8, 4) is 0 Å². The number of aryl methyl sites for hydroxylation is 1. The first-order valence-electron chi connectivity index (χ1n) is 10.7. The van der Waals surface area contributed by atoms with Crippen LogP contribution >= 0.6 is 23.2 Å². The Bertz CT molecular complexity index is 1560. The minimum Gasteiger partial charge on any atom is -0.360 e. The lowest BCUT2D eigenvalue weighted by molar-refractivity contribution is -0.113.